The number of benzene rings is 4. The molecule has 0 N–H and O–H groups in total. The Bertz CT molecular complexity index is 1810. The molecule has 0 aliphatic heterocycles. The Morgan fingerprint density at radius 2 is 0.979 bits per heavy atom. The molecular weight excluding hydrogens is 660 g/mol. The van der Waals surface area contributed by atoms with Crippen LogP contribution < -0.4 is 0 Å². The molecule has 0 saturated carbocycles. The van der Waals surface area contributed by atoms with Gasteiger partial charge < -0.3 is 0 Å². The SMILES string of the molecule is CC[Si]CC.CCc1cc2c(-c3ccc(C(C)(C)C)cc3)cccc2[cH-]1.Cc1cc2c(-c3ccc(C(C)(C)C)cc3)cccc2[cH-]1.[Zr+2]. The Morgan fingerprint density at radius 3 is 1.36 bits per heavy atom. The minimum atomic E-state index is 0. The number of hydrogen-bond donors (Lipinski definition) is 0. The van der Waals surface area contributed by atoms with Crippen LogP contribution in [0.1, 0.15) is 84.6 Å². The maximum atomic E-state index is 2.34. The predicted octanol–water partition coefficient (Wildman–Crippen LogP) is 13.5. The summed E-state index contributed by atoms with van der Waals surface area (Å²) in [5.41, 5.74) is 11.2. The fourth-order valence-electron chi connectivity index (χ4n) is 5.94. The van der Waals surface area contributed by atoms with Crippen LogP contribution in [0.15, 0.2) is 109 Å². The molecule has 6 aromatic rings. The van der Waals surface area contributed by atoms with Crippen molar-refractivity contribution in [2.24, 2.45) is 0 Å². The van der Waals surface area contributed by atoms with Gasteiger partial charge in [-0.15, -0.1) is 69.1 Å². The molecule has 2 heteroatoms. The molecule has 0 amide bonds. The van der Waals surface area contributed by atoms with Crippen molar-refractivity contribution < 1.29 is 26.2 Å². The summed E-state index contributed by atoms with van der Waals surface area (Å²) in [4.78, 5) is 0. The molecule has 0 fully saturated rings. The maximum absolute atomic E-state index is 2.34. The third-order valence-corrected chi connectivity index (χ3v) is 9.74. The van der Waals surface area contributed by atoms with Crippen LogP contribution in [0.3, 0.4) is 0 Å². The molecule has 0 atom stereocenters. The minimum Gasteiger partial charge on any atom is -0.165 e. The number of aryl methyl sites for hydroxylation is 2. The smallest absolute Gasteiger partial charge is 0.165 e. The van der Waals surface area contributed by atoms with E-state index in [9.17, 15) is 0 Å². The van der Waals surface area contributed by atoms with E-state index in [2.05, 4.69) is 178 Å². The minimum absolute atomic E-state index is 0. The summed E-state index contributed by atoms with van der Waals surface area (Å²) < 4.78 is 0. The summed E-state index contributed by atoms with van der Waals surface area (Å²) in [6.45, 7) is 22.4. The van der Waals surface area contributed by atoms with Gasteiger partial charge in [0.15, 0.2) is 0 Å². The van der Waals surface area contributed by atoms with Crippen molar-refractivity contribution in [1.29, 1.82) is 0 Å². The van der Waals surface area contributed by atoms with Crippen LogP contribution in [-0.4, -0.2) is 9.52 Å². The van der Waals surface area contributed by atoms with Gasteiger partial charge in [0.1, 0.15) is 0 Å². The summed E-state index contributed by atoms with van der Waals surface area (Å²) in [5, 5.41) is 5.41. The van der Waals surface area contributed by atoms with Crippen LogP contribution in [0.2, 0.25) is 12.1 Å². The number of fused-ring (bicyclic) bond motifs is 2. The molecule has 0 spiro atoms. The monoisotopic (exact) mass is 712 g/mol. The van der Waals surface area contributed by atoms with Crippen LogP contribution in [0.5, 0.6) is 0 Å². The van der Waals surface area contributed by atoms with E-state index >= 15 is 0 Å². The fourth-order valence-corrected chi connectivity index (χ4v) is 6.44. The van der Waals surface area contributed by atoms with Crippen molar-refractivity contribution in [2.45, 2.75) is 98.6 Å². The normalized spacial score (nSPS) is 11.4. The maximum Gasteiger partial charge on any atom is 2.00 e. The van der Waals surface area contributed by atoms with E-state index in [1.807, 2.05) is 0 Å². The van der Waals surface area contributed by atoms with Crippen molar-refractivity contribution >= 4 is 31.1 Å². The predicted molar refractivity (Wildman–Crippen MR) is 208 cm³/mol. The zero-order valence-corrected chi connectivity index (χ0v) is 34.0. The van der Waals surface area contributed by atoms with Gasteiger partial charge in [-0.05, 0) is 39.5 Å². The first-order valence-corrected chi connectivity index (χ1v) is 18.5. The van der Waals surface area contributed by atoms with Crippen LogP contribution in [0.4, 0.5) is 0 Å². The molecule has 0 aromatic heterocycles. The van der Waals surface area contributed by atoms with Gasteiger partial charge >= 0.3 is 26.2 Å². The number of rotatable bonds is 5. The summed E-state index contributed by atoms with van der Waals surface area (Å²) >= 11 is 0. The van der Waals surface area contributed by atoms with Crippen molar-refractivity contribution in [3.63, 3.8) is 0 Å². The summed E-state index contributed by atoms with van der Waals surface area (Å²) in [5.74, 6) is 0. The van der Waals surface area contributed by atoms with Crippen molar-refractivity contribution in [2.75, 3.05) is 0 Å². The molecular formula is C45H54SiZr. The van der Waals surface area contributed by atoms with Gasteiger partial charge in [-0.25, -0.2) is 0 Å². The first-order chi connectivity index (χ1) is 21.8. The molecule has 6 aromatic carbocycles. The van der Waals surface area contributed by atoms with Crippen LogP contribution in [0.25, 0.3) is 43.8 Å². The molecule has 0 bridgehead atoms. The summed E-state index contributed by atoms with van der Waals surface area (Å²) in [6, 6.07) is 43.1. The molecule has 0 saturated heterocycles. The largest absolute Gasteiger partial charge is 2.00 e. The first-order valence-electron chi connectivity index (χ1n) is 17.1. The zero-order chi connectivity index (χ0) is 33.5. The van der Waals surface area contributed by atoms with Gasteiger partial charge in [0.25, 0.3) is 0 Å². The zero-order valence-electron chi connectivity index (χ0n) is 30.5. The van der Waals surface area contributed by atoms with E-state index in [-0.39, 0.29) is 37.0 Å². The van der Waals surface area contributed by atoms with Crippen LogP contribution >= 0.6 is 0 Å². The average Bonchev–Trinajstić information content (AvgIpc) is 3.64. The number of hydrogen-bond acceptors (Lipinski definition) is 0. The second-order valence-corrected chi connectivity index (χ2v) is 16.4. The summed E-state index contributed by atoms with van der Waals surface area (Å²) in [7, 11) is 1.20. The molecule has 0 heterocycles. The van der Waals surface area contributed by atoms with Crippen molar-refractivity contribution in [1.82, 2.24) is 0 Å². The fraction of sp³-hybridized carbons (Fsp3) is 0.333. The van der Waals surface area contributed by atoms with Crippen molar-refractivity contribution in [3.05, 3.63) is 131 Å². The second-order valence-electron chi connectivity index (χ2n) is 14.5. The van der Waals surface area contributed by atoms with Gasteiger partial charge in [0.2, 0.25) is 0 Å². The van der Waals surface area contributed by atoms with Gasteiger partial charge in [-0.2, -0.15) is 12.1 Å². The molecule has 2 radical (unpaired) electrons. The quantitative estimate of drug-likeness (QED) is 0.123. The molecule has 242 valence electrons. The van der Waals surface area contributed by atoms with Gasteiger partial charge in [-0.1, -0.05) is 153 Å². The Kier molecular flexibility index (Phi) is 14.0. The second kappa shape index (κ2) is 17.0. The van der Waals surface area contributed by atoms with E-state index in [0.717, 1.165) is 6.42 Å². The molecule has 0 aliphatic carbocycles. The van der Waals surface area contributed by atoms with Gasteiger partial charge in [0.05, 0.1) is 0 Å². The molecule has 6 rings (SSSR count). The van der Waals surface area contributed by atoms with Crippen LogP contribution in [-0.2, 0) is 43.5 Å². The topological polar surface area (TPSA) is 0 Å². The van der Waals surface area contributed by atoms with E-state index < -0.39 is 0 Å². The third kappa shape index (κ3) is 10.1. The average molecular weight is 714 g/mol. The Labute approximate surface area is 307 Å². The molecule has 47 heavy (non-hydrogen) atoms. The Hall–Kier alpha value is -2.80. The molecule has 0 nitrogen and oxygen atoms in total. The molecule has 0 unspecified atom stereocenters. The summed E-state index contributed by atoms with van der Waals surface area (Å²) in [6.07, 6.45) is 1.09. The van der Waals surface area contributed by atoms with E-state index in [0.29, 0.717) is 0 Å². The van der Waals surface area contributed by atoms with E-state index in [1.165, 1.54) is 87.7 Å². The van der Waals surface area contributed by atoms with Gasteiger partial charge in [0, 0.05) is 9.52 Å². The van der Waals surface area contributed by atoms with E-state index in [4.69, 9.17) is 0 Å². The third-order valence-electron chi connectivity index (χ3n) is 8.74. The molecule has 0 aliphatic rings. The first kappa shape index (κ1) is 38.6. The van der Waals surface area contributed by atoms with Gasteiger partial charge in [-0.3, -0.25) is 0 Å². The van der Waals surface area contributed by atoms with Crippen LogP contribution in [0, 0.1) is 6.92 Å². The standard InChI is InChI=1S/C21H23.C20H21.C4H10Si.Zr/c1-5-15-13-17-7-6-8-19(20(17)14-15)16-9-11-18(12-10-16)21(2,3)4;1-14-12-16-6-5-7-18(19(16)13-14)15-8-10-17(11-9-15)20(2,3)4;1-3-5-4-2;/h6-14H,5H2,1-4H3;5-13H,1-4H3;3-4H2,1-2H3;/q2*-1;;+2. The Balaban J connectivity index is 0.000000220. The Morgan fingerprint density at radius 1 is 0.553 bits per heavy atom. The van der Waals surface area contributed by atoms with Crippen molar-refractivity contribution in [3.8, 4) is 22.3 Å². The van der Waals surface area contributed by atoms with E-state index in [1.54, 1.807) is 0 Å².